The van der Waals surface area contributed by atoms with Gasteiger partial charge in [0.25, 0.3) is 0 Å². The molecule has 0 bridgehead atoms. The zero-order valence-electron chi connectivity index (χ0n) is 9.44. The molecule has 1 aromatic rings. The highest BCUT2D eigenvalue weighted by Crippen LogP contribution is 2.32. The van der Waals surface area contributed by atoms with E-state index < -0.39 is 5.41 Å². The summed E-state index contributed by atoms with van der Waals surface area (Å²) in [5.41, 5.74) is 5.51. The molecule has 84 valence electrons. The van der Waals surface area contributed by atoms with Crippen molar-refractivity contribution in [2.24, 2.45) is 5.73 Å². The van der Waals surface area contributed by atoms with Crippen molar-refractivity contribution in [1.29, 1.82) is 5.26 Å². The molecule has 1 aromatic carbocycles. The van der Waals surface area contributed by atoms with Gasteiger partial charge in [0, 0.05) is 6.42 Å². The Balaban J connectivity index is 2.98. The summed E-state index contributed by atoms with van der Waals surface area (Å²) in [5, 5.41) is 9.34. The lowest BCUT2D eigenvalue weighted by Crippen LogP contribution is -2.25. The van der Waals surface area contributed by atoms with Crippen LogP contribution in [0.15, 0.2) is 30.3 Å². The fourth-order valence-corrected chi connectivity index (χ4v) is 1.82. The highest BCUT2D eigenvalue weighted by atomic mass is 16.1. The van der Waals surface area contributed by atoms with Crippen molar-refractivity contribution in [3.05, 3.63) is 35.9 Å². The average molecular weight is 216 g/mol. The lowest BCUT2D eigenvalue weighted by atomic mass is 9.76. The van der Waals surface area contributed by atoms with E-state index in [-0.39, 0.29) is 12.3 Å². The standard InChI is InChI=1S/C13H16N2O/c1-2-13(10-14,9-8-12(15)16)11-6-4-3-5-7-11/h3-7H,2,8-9H2,1H3,(H2,15,16). The zero-order chi connectivity index (χ0) is 12.0. The van der Waals surface area contributed by atoms with Crippen molar-refractivity contribution in [1.82, 2.24) is 0 Å². The molecule has 0 saturated carbocycles. The molecule has 0 fully saturated rings. The Kier molecular flexibility index (Phi) is 4.07. The van der Waals surface area contributed by atoms with Crippen LogP contribution in [0.1, 0.15) is 31.7 Å². The summed E-state index contributed by atoms with van der Waals surface area (Å²) in [6.45, 7) is 1.96. The molecular weight excluding hydrogens is 200 g/mol. The van der Waals surface area contributed by atoms with E-state index in [1.165, 1.54) is 0 Å². The van der Waals surface area contributed by atoms with E-state index in [2.05, 4.69) is 6.07 Å². The molecule has 1 amide bonds. The van der Waals surface area contributed by atoms with Crippen LogP contribution in [-0.2, 0) is 10.2 Å². The first-order chi connectivity index (χ1) is 7.64. The van der Waals surface area contributed by atoms with Gasteiger partial charge < -0.3 is 5.73 Å². The number of nitrogens with two attached hydrogens (primary N) is 1. The predicted octanol–water partition coefficient (Wildman–Crippen LogP) is 2.12. The van der Waals surface area contributed by atoms with Gasteiger partial charge >= 0.3 is 0 Å². The number of primary amides is 1. The van der Waals surface area contributed by atoms with Crippen LogP contribution < -0.4 is 5.73 Å². The van der Waals surface area contributed by atoms with Crippen LogP contribution in [0, 0.1) is 11.3 Å². The largest absolute Gasteiger partial charge is 0.370 e. The number of benzene rings is 1. The molecule has 0 aliphatic carbocycles. The maximum atomic E-state index is 10.8. The summed E-state index contributed by atoms with van der Waals surface area (Å²) in [6, 6.07) is 11.9. The SMILES string of the molecule is CCC(C#N)(CCC(N)=O)c1ccccc1. The molecule has 0 radical (unpaired) electrons. The molecule has 1 unspecified atom stereocenters. The van der Waals surface area contributed by atoms with Crippen molar-refractivity contribution in [2.45, 2.75) is 31.6 Å². The molecule has 1 rings (SSSR count). The molecule has 3 heteroatoms. The van der Waals surface area contributed by atoms with E-state index in [0.717, 1.165) is 5.56 Å². The smallest absolute Gasteiger partial charge is 0.217 e. The van der Waals surface area contributed by atoms with Gasteiger partial charge in [0.15, 0.2) is 0 Å². The van der Waals surface area contributed by atoms with Crippen LogP contribution in [0.5, 0.6) is 0 Å². The van der Waals surface area contributed by atoms with Crippen molar-refractivity contribution in [2.75, 3.05) is 0 Å². The molecule has 2 N–H and O–H groups in total. The summed E-state index contributed by atoms with van der Waals surface area (Å²) >= 11 is 0. The number of hydrogen-bond acceptors (Lipinski definition) is 2. The van der Waals surface area contributed by atoms with Crippen molar-refractivity contribution >= 4 is 5.91 Å². The third-order valence-electron chi connectivity index (χ3n) is 2.94. The van der Waals surface area contributed by atoms with Crippen molar-refractivity contribution in [3.63, 3.8) is 0 Å². The lowest BCUT2D eigenvalue weighted by Gasteiger charge is -2.25. The topological polar surface area (TPSA) is 66.9 Å². The van der Waals surface area contributed by atoms with Gasteiger partial charge in [0.2, 0.25) is 5.91 Å². The predicted molar refractivity (Wildman–Crippen MR) is 62.5 cm³/mol. The molecule has 16 heavy (non-hydrogen) atoms. The van der Waals surface area contributed by atoms with Crippen LogP contribution in [0.25, 0.3) is 0 Å². The summed E-state index contributed by atoms with van der Waals surface area (Å²) in [5.74, 6) is -0.357. The number of hydrogen-bond donors (Lipinski definition) is 1. The Morgan fingerprint density at radius 2 is 2.06 bits per heavy atom. The van der Waals surface area contributed by atoms with E-state index >= 15 is 0 Å². The molecule has 0 spiro atoms. The first-order valence-electron chi connectivity index (χ1n) is 5.39. The van der Waals surface area contributed by atoms with Crippen LogP contribution >= 0.6 is 0 Å². The summed E-state index contributed by atoms with van der Waals surface area (Å²) in [6.07, 6.45) is 1.41. The molecule has 1 atom stereocenters. The van der Waals surface area contributed by atoms with E-state index in [1.54, 1.807) is 0 Å². The van der Waals surface area contributed by atoms with Gasteiger partial charge in [-0.05, 0) is 18.4 Å². The summed E-state index contributed by atoms with van der Waals surface area (Å²) < 4.78 is 0. The molecule has 0 aliphatic rings. The quantitative estimate of drug-likeness (QED) is 0.819. The molecule has 0 aromatic heterocycles. The van der Waals surface area contributed by atoms with E-state index in [1.807, 2.05) is 37.3 Å². The third-order valence-corrected chi connectivity index (χ3v) is 2.94. The van der Waals surface area contributed by atoms with Crippen LogP contribution in [0.4, 0.5) is 0 Å². The third kappa shape index (κ3) is 2.60. The fourth-order valence-electron chi connectivity index (χ4n) is 1.82. The maximum absolute atomic E-state index is 10.8. The molecule has 0 heterocycles. The van der Waals surface area contributed by atoms with Gasteiger partial charge in [-0.1, -0.05) is 37.3 Å². The second-order valence-corrected chi connectivity index (χ2v) is 3.88. The van der Waals surface area contributed by atoms with Gasteiger partial charge in [0.1, 0.15) is 0 Å². The average Bonchev–Trinajstić information content (AvgIpc) is 2.32. The van der Waals surface area contributed by atoms with Gasteiger partial charge in [-0.2, -0.15) is 5.26 Å². The van der Waals surface area contributed by atoms with Crippen LogP contribution in [0.2, 0.25) is 0 Å². The van der Waals surface area contributed by atoms with Gasteiger partial charge in [-0.3, -0.25) is 4.79 Å². The Morgan fingerprint density at radius 1 is 1.44 bits per heavy atom. The minimum Gasteiger partial charge on any atom is -0.370 e. The first-order valence-corrected chi connectivity index (χ1v) is 5.39. The second-order valence-electron chi connectivity index (χ2n) is 3.88. The number of nitriles is 1. The Hall–Kier alpha value is -1.82. The number of amides is 1. The van der Waals surface area contributed by atoms with E-state index in [0.29, 0.717) is 12.8 Å². The zero-order valence-corrected chi connectivity index (χ0v) is 9.44. The minimum atomic E-state index is -0.587. The normalized spacial score (nSPS) is 13.8. The highest BCUT2D eigenvalue weighted by molar-refractivity contribution is 5.74. The second kappa shape index (κ2) is 5.32. The highest BCUT2D eigenvalue weighted by Gasteiger charge is 2.30. The molecular formula is C13H16N2O. The van der Waals surface area contributed by atoms with E-state index in [4.69, 9.17) is 5.73 Å². The minimum absolute atomic E-state index is 0.246. The Morgan fingerprint density at radius 3 is 2.50 bits per heavy atom. The number of nitrogens with zero attached hydrogens (tertiary/aromatic N) is 1. The number of carbonyl (C=O) groups is 1. The summed E-state index contributed by atoms with van der Waals surface area (Å²) in [4.78, 5) is 10.8. The van der Waals surface area contributed by atoms with Crippen LogP contribution in [0.3, 0.4) is 0 Å². The first kappa shape index (κ1) is 12.3. The van der Waals surface area contributed by atoms with Gasteiger partial charge in [-0.15, -0.1) is 0 Å². The van der Waals surface area contributed by atoms with Gasteiger partial charge in [-0.25, -0.2) is 0 Å². The number of rotatable bonds is 5. The van der Waals surface area contributed by atoms with Crippen LogP contribution in [-0.4, -0.2) is 5.91 Å². The van der Waals surface area contributed by atoms with E-state index in [9.17, 15) is 10.1 Å². The monoisotopic (exact) mass is 216 g/mol. The van der Waals surface area contributed by atoms with Crippen molar-refractivity contribution < 1.29 is 4.79 Å². The molecule has 3 nitrogen and oxygen atoms in total. The number of carbonyl (C=O) groups excluding carboxylic acids is 1. The Bertz CT molecular complexity index is 394. The van der Waals surface area contributed by atoms with Gasteiger partial charge in [0.05, 0.1) is 11.5 Å². The lowest BCUT2D eigenvalue weighted by molar-refractivity contribution is -0.118. The fraction of sp³-hybridized carbons (Fsp3) is 0.385. The Labute approximate surface area is 95.9 Å². The maximum Gasteiger partial charge on any atom is 0.217 e. The molecule has 0 aliphatic heterocycles. The molecule has 0 saturated heterocycles. The summed E-state index contributed by atoms with van der Waals surface area (Å²) in [7, 11) is 0. The van der Waals surface area contributed by atoms with Crippen molar-refractivity contribution in [3.8, 4) is 6.07 Å².